The molecule has 166 valence electrons. The van der Waals surface area contributed by atoms with Crippen molar-refractivity contribution in [2.24, 2.45) is 5.92 Å². The number of likely N-dealkylation sites (tertiary alicyclic amines) is 1. The number of benzene rings is 2. The molecule has 0 radical (unpaired) electrons. The van der Waals surface area contributed by atoms with Crippen LogP contribution >= 0.6 is 0 Å². The average Bonchev–Trinajstić information content (AvgIpc) is 3.48. The van der Waals surface area contributed by atoms with Crippen LogP contribution in [0.2, 0.25) is 0 Å². The molecule has 0 spiro atoms. The lowest BCUT2D eigenvalue weighted by atomic mass is 9.78. The highest BCUT2D eigenvalue weighted by atomic mass is 16.7. The van der Waals surface area contributed by atoms with Crippen molar-refractivity contribution in [3.63, 3.8) is 0 Å². The van der Waals surface area contributed by atoms with Gasteiger partial charge in [0.2, 0.25) is 12.5 Å². The Morgan fingerprint density at radius 3 is 2.10 bits per heavy atom. The molecule has 1 unspecified atom stereocenters. The summed E-state index contributed by atoms with van der Waals surface area (Å²) in [6, 6.07) is 8.12. The van der Waals surface area contributed by atoms with E-state index in [9.17, 15) is 0 Å². The van der Waals surface area contributed by atoms with E-state index in [2.05, 4.69) is 17.9 Å². The molecule has 0 saturated carbocycles. The van der Waals surface area contributed by atoms with E-state index < -0.39 is 0 Å². The van der Waals surface area contributed by atoms with Crippen LogP contribution in [0.5, 0.6) is 34.5 Å². The third kappa shape index (κ3) is 3.31. The second-order valence-electron chi connectivity index (χ2n) is 8.29. The van der Waals surface area contributed by atoms with E-state index in [4.69, 9.17) is 28.4 Å². The number of methoxy groups -OCH3 is 3. The topological polar surface area (TPSA) is 58.6 Å². The number of fused-ring (bicyclic) bond motifs is 2. The van der Waals surface area contributed by atoms with Gasteiger partial charge in [-0.05, 0) is 36.6 Å². The molecule has 7 heteroatoms. The highest BCUT2D eigenvalue weighted by Gasteiger charge is 2.42. The van der Waals surface area contributed by atoms with E-state index >= 15 is 0 Å². The summed E-state index contributed by atoms with van der Waals surface area (Å²) in [4.78, 5) is 2.45. The lowest BCUT2D eigenvalue weighted by Gasteiger charge is -2.42. The third-order valence-electron chi connectivity index (χ3n) is 6.61. The summed E-state index contributed by atoms with van der Waals surface area (Å²) in [5.41, 5.74) is 2.18. The second kappa shape index (κ2) is 8.04. The number of rotatable bonds is 5. The van der Waals surface area contributed by atoms with Crippen LogP contribution in [0.4, 0.5) is 0 Å². The molecular weight excluding hydrogens is 398 g/mol. The van der Waals surface area contributed by atoms with Crippen molar-refractivity contribution in [3.8, 4) is 34.5 Å². The van der Waals surface area contributed by atoms with Crippen LogP contribution in [0.3, 0.4) is 0 Å². The normalized spacial score (nSPS) is 24.5. The summed E-state index contributed by atoms with van der Waals surface area (Å²) in [7, 11) is 4.91. The van der Waals surface area contributed by atoms with E-state index in [0.29, 0.717) is 17.2 Å². The Morgan fingerprint density at radius 2 is 1.48 bits per heavy atom. The van der Waals surface area contributed by atoms with Gasteiger partial charge in [-0.1, -0.05) is 6.92 Å². The van der Waals surface area contributed by atoms with Gasteiger partial charge in [0.25, 0.3) is 0 Å². The molecule has 3 heterocycles. The number of nitrogens with zero attached hydrogens (tertiary/aromatic N) is 1. The Hall–Kier alpha value is -2.80. The van der Waals surface area contributed by atoms with Crippen LogP contribution in [0, 0.1) is 5.92 Å². The van der Waals surface area contributed by atoms with Gasteiger partial charge in [-0.2, -0.15) is 0 Å². The maximum atomic E-state index is 6.57. The lowest BCUT2D eigenvalue weighted by Crippen LogP contribution is -2.46. The molecule has 0 N–H and O–H groups in total. The van der Waals surface area contributed by atoms with E-state index in [-0.39, 0.29) is 24.9 Å². The molecule has 31 heavy (non-hydrogen) atoms. The Kier molecular flexibility index (Phi) is 5.22. The molecule has 0 bridgehead atoms. The summed E-state index contributed by atoms with van der Waals surface area (Å²) < 4.78 is 34.7. The van der Waals surface area contributed by atoms with Crippen molar-refractivity contribution in [2.45, 2.75) is 31.9 Å². The zero-order valence-electron chi connectivity index (χ0n) is 18.5. The number of ether oxygens (including phenoxy) is 6. The Morgan fingerprint density at radius 1 is 0.839 bits per heavy atom. The Bertz CT molecular complexity index is 946. The highest BCUT2D eigenvalue weighted by molar-refractivity contribution is 5.60. The summed E-state index contributed by atoms with van der Waals surface area (Å²) in [5, 5.41) is 0. The van der Waals surface area contributed by atoms with Gasteiger partial charge in [-0.3, -0.25) is 4.90 Å². The van der Waals surface area contributed by atoms with E-state index in [1.165, 1.54) is 12.8 Å². The Balaban J connectivity index is 1.66. The van der Waals surface area contributed by atoms with Gasteiger partial charge in [-0.15, -0.1) is 0 Å². The first-order chi connectivity index (χ1) is 15.1. The van der Waals surface area contributed by atoms with Gasteiger partial charge in [0.05, 0.1) is 21.3 Å². The predicted octanol–water partition coefficient (Wildman–Crippen LogP) is 4.02. The first kappa shape index (κ1) is 20.1. The molecule has 3 atom stereocenters. The predicted molar refractivity (Wildman–Crippen MR) is 115 cm³/mol. The van der Waals surface area contributed by atoms with Crippen LogP contribution in [-0.2, 0) is 0 Å². The molecule has 0 amide bonds. The van der Waals surface area contributed by atoms with Crippen LogP contribution < -0.4 is 28.4 Å². The summed E-state index contributed by atoms with van der Waals surface area (Å²) in [6.45, 7) is 4.59. The van der Waals surface area contributed by atoms with Crippen LogP contribution in [0.25, 0.3) is 0 Å². The minimum absolute atomic E-state index is 0.0144. The van der Waals surface area contributed by atoms with Crippen molar-refractivity contribution in [1.29, 1.82) is 0 Å². The minimum Gasteiger partial charge on any atom is -0.493 e. The van der Waals surface area contributed by atoms with Gasteiger partial charge in [0.1, 0.15) is 5.75 Å². The van der Waals surface area contributed by atoms with E-state index in [1.807, 2.05) is 18.2 Å². The van der Waals surface area contributed by atoms with Crippen molar-refractivity contribution >= 4 is 0 Å². The maximum Gasteiger partial charge on any atom is 0.231 e. The maximum absolute atomic E-state index is 6.57. The van der Waals surface area contributed by atoms with Gasteiger partial charge < -0.3 is 28.4 Å². The average molecular weight is 427 g/mol. The zero-order valence-corrected chi connectivity index (χ0v) is 18.5. The minimum atomic E-state index is -0.0144. The molecule has 1 fully saturated rings. The molecule has 2 aromatic rings. The van der Waals surface area contributed by atoms with Gasteiger partial charge in [0, 0.05) is 36.6 Å². The summed E-state index contributed by atoms with van der Waals surface area (Å²) in [5.74, 6) is 4.50. The lowest BCUT2D eigenvalue weighted by molar-refractivity contribution is -0.0178. The molecule has 2 aromatic carbocycles. The fourth-order valence-electron chi connectivity index (χ4n) is 5.14. The molecule has 3 aliphatic rings. The first-order valence-corrected chi connectivity index (χ1v) is 10.8. The van der Waals surface area contributed by atoms with E-state index in [1.54, 1.807) is 21.3 Å². The standard InChI is InChI=1S/C24H29NO6/c1-14-22(15-9-20(26-2)23(28-4)21(10-15)27-3)16-11-18-19(30-13-29-18)12-17(16)31-24(14)25-7-5-6-8-25/h9-12,14,22,24H,5-8,13H2,1-4H3/t14-,22+,24?/m0/s1. The van der Waals surface area contributed by atoms with Crippen molar-refractivity contribution in [3.05, 3.63) is 35.4 Å². The number of hydrogen-bond acceptors (Lipinski definition) is 7. The monoisotopic (exact) mass is 427 g/mol. The zero-order chi connectivity index (χ0) is 21.5. The smallest absolute Gasteiger partial charge is 0.231 e. The second-order valence-corrected chi connectivity index (χ2v) is 8.29. The fraction of sp³-hybridized carbons (Fsp3) is 0.500. The van der Waals surface area contributed by atoms with Crippen LogP contribution in [0.1, 0.15) is 36.8 Å². The van der Waals surface area contributed by atoms with Crippen molar-refractivity contribution in [1.82, 2.24) is 4.90 Å². The SMILES string of the molecule is COc1cc([C@@H]2c3cc4c(cc3OC(N3CCCC3)[C@H]2C)OCO4)cc(OC)c1OC. The molecule has 0 aliphatic carbocycles. The Labute approximate surface area is 182 Å². The molecule has 5 rings (SSSR count). The molecule has 3 aliphatic heterocycles. The largest absolute Gasteiger partial charge is 0.493 e. The third-order valence-corrected chi connectivity index (χ3v) is 6.61. The highest BCUT2D eigenvalue weighted by Crippen LogP contribution is 2.52. The number of hydrogen-bond donors (Lipinski definition) is 0. The summed E-state index contributed by atoms with van der Waals surface area (Å²) >= 11 is 0. The van der Waals surface area contributed by atoms with Crippen molar-refractivity contribution < 1.29 is 28.4 Å². The van der Waals surface area contributed by atoms with Gasteiger partial charge in [-0.25, -0.2) is 0 Å². The van der Waals surface area contributed by atoms with Gasteiger partial charge in [0.15, 0.2) is 29.2 Å². The molecular formula is C24H29NO6. The van der Waals surface area contributed by atoms with E-state index in [0.717, 1.165) is 41.5 Å². The molecule has 0 aromatic heterocycles. The quantitative estimate of drug-likeness (QED) is 0.714. The van der Waals surface area contributed by atoms with Crippen LogP contribution in [-0.4, -0.2) is 52.3 Å². The fourth-order valence-corrected chi connectivity index (χ4v) is 5.14. The van der Waals surface area contributed by atoms with Crippen LogP contribution in [0.15, 0.2) is 24.3 Å². The first-order valence-electron chi connectivity index (χ1n) is 10.8. The molecule has 1 saturated heterocycles. The summed E-state index contributed by atoms with van der Waals surface area (Å²) in [6.07, 6.45) is 2.39. The van der Waals surface area contributed by atoms with Gasteiger partial charge >= 0.3 is 0 Å². The van der Waals surface area contributed by atoms with Crippen molar-refractivity contribution in [2.75, 3.05) is 41.2 Å². The molecule has 7 nitrogen and oxygen atoms in total.